The quantitative estimate of drug-likeness (QED) is 0.419. The largest absolute Gasteiger partial charge is 0.480 e. The molecule has 2 N–H and O–H groups in total. The molecule has 4 heterocycles. The van der Waals surface area contributed by atoms with Crippen molar-refractivity contribution in [1.82, 2.24) is 29.7 Å². The minimum atomic E-state index is -0.526. The maximum absolute atomic E-state index is 13.5. The van der Waals surface area contributed by atoms with Crippen molar-refractivity contribution in [3.05, 3.63) is 64.7 Å². The Kier molecular flexibility index (Phi) is 6.49. The number of carbonyl (C=O) groups is 2. The van der Waals surface area contributed by atoms with Crippen LogP contribution < -0.4 is 15.4 Å². The van der Waals surface area contributed by atoms with Crippen LogP contribution in [-0.2, 0) is 0 Å². The first-order valence-corrected chi connectivity index (χ1v) is 11.3. The van der Waals surface area contributed by atoms with Crippen molar-refractivity contribution in [3.63, 3.8) is 0 Å². The first-order chi connectivity index (χ1) is 16.6. The van der Waals surface area contributed by atoms with Gasteiger partial charge in [-0.15, -0.1) is 5.10 Å². The van der Waals surface area contributed by atoms with E-state index in [9.17, 15) is 9.59 Å². The van der Waals surface area contributed by atoms with Crippen LogP contribution in [0.4, 0.5) is 5.69 Å². The maximum Gasteiger partial charge on any atom is 0.274 e. The third kappa shape index (κ3) is 4.97. The van der Waals surface area contributed by atoms with Crippen LogP contribution in [0.3, 0.4) is 0 Å². The lowest BCUT2D eigenvalue weighted by atomic mass is 9.97. The van der Waals surface area contributed by atoms with Gasteiger partial charge in [-0.1, -0.05) is 32.4 Å². The number of carbonyl (C=O) groups excluding carboxylic acids is 2. The molecule has 4 aromatic heterocycles. The highest BCUT2D eigenvalue weighted by Gasteiger charge is 2.25. The van der Waals surface area contributed by atoms with Crippen LogP contribution in [0.2, 0.25) is 5.02 Å². The third-order valence-electron chi connectivity index (χ3n) is 5.18. The van der Waals surface area contributed by atoms with Gasteiger partial charge in [-0.2, -0.15) is 5.10 Å². The Bertz CT molecular complexity index is 1420. The zero-order chi connectivity index (χ0) is 25.3. The average molecular weight is 496 g/mol. The van der Waals surface area contributed by atoms with E-state index in [0.717, 1.165) is 5.52 Å². The molecule has 0 aliphatic rings. The summed E-state index contributed by atoms with van der Waals surface area (Å²) in [6, 6.07) is 8.44. The van der Waals surface area contributed by atoms with Crippen LogP contribution in [0, 0.1) is 12.3 Å². The minimum absolute atomic E-state index is 0.128. The molecule has 0 aliphatic heterocycles. The molecular weight excluding hydrogens is 470 g/mol. The van der Waals surface area contributed by atoms with Gasteiger partial charge in [-0.25, -0.2) is 14.2 Å². The van der Waals surface area contributed by atoms with Crippen LogP contribution in [0.15, 0.2) is 42.7 Å². The van der Waals surface area contributed by atoms with Crippen molar-refractivity contribution >= 4 is 34.6 Å². The Morgan fingerprint density at radius 3 is 2.60 bits per heavy atom. The molecule has 0 atom stereocenters. The highest BCUT2D eigenvalue weighted by molar-refractivity contribution is 6.32. The number of hydrogen-bond donors (Lipinski definition) is 2. The molecule has 0 aliphatic carbocycles. The van der Waals surface area contributed by atoms with Gasteiger partial charge >= 0.3 is 0 Å². The first kappa shape index (κ1) is 24.2. The molecule has 0 bridgehead atoms. The van der Waals surface area contributed by atoms with Gasteiger partial charge in [0.15, 0.2) is 11.5 Å². The van der Waals surface area contributed by atoms with Crippen molar-refractivity contribution < 1.29 is 14.3 Å². The van der Waals surface area contributed by atoms with E-state index in [2.05, 4.69) is 25.8 Å². The number of rotatable bonds is 6. The lowest BCUT2D eigenvalue weighted by Gasteiger charge is -2.20. The molecule has 182 valence electrons. The molecule has 0 unspecified atom stereocenters. The Labute approximate surface area is 207 Å². The van der Waals surface area contributed by atoms with Gasteiger partial charge in [0.1, 0.15) is 5.69 Å². The summed E-state index contributed by atoms with van der Waals surface area (Å²) < 4.78 is 8.04. The highest BCUT2D eigenvalue weighted by Crippen LogP contribution is 2.27. The van der Waals surface area contributed by atoms with Crippen molar-refractivity contribution in [3.8, 4) is 11.7 Å². The van der Waals surface area contributed by atoms with Crippen LogP contribution in [0.25, 0.3) is 11.3 Å². The van der Waals surface area contributed by atoms with Crippen molar-refractivity contribution in [1.29, 1.82) is 0 Å². The number of nitrogens with one attached hydrogen (secondary N) is 2. The van der Waals surface area contributed by atoms with E-state index in [-0.39, 0.29) is 34.4 Å². The molecule has 0 aromatic carbocycles. The summed E-state index contributed by atoms with van der Waals surface area (Å²) in [5.74, 6) is -0.405. The molecule has 0 fully saturated rings. The average Bonchev–Trinajstić information content (AvgIpc) is 3.44. The molecular formula is C24H26ClN7O3. The summed E-state index contributed by atoms with van der Waals surface area (Å²) in [6.07, 6.45) is 3.15. The Hall–Kier alpha value is -3.92. The van der Waals surface area contributed by atoms with Gasteiger partial charge in [0.05, 0.1) is 29.5 Å². The highest BCUT2D eigenvalue weighted by atomic mass is 35.5. The lowest BCUT2D eigenvalue weighted by molar-refractivity contribution is 0.0932. The number of aryl methyl sites for hydroxylation is 1. The van der Waals surface area contributed by atoms with Crippen LogP contribution >= 0.6 is 11.6 Å². The fraction of sp³-hybridized carbons (Fsp3) is 0.292. The van der Waals surface area contributed by atoms with E-state index in [1.807, 2.05) is 33.8 Å². The topological polar surface area (TPSA) is 115 Å². The van der Waals surface area contributed by atoms with E-state index < -0.39 is 5.91 Å². The van der Waals surface area contributed by atoms with Gasteiger partial charge in [-0.05, 0) is 42.2 Å². The molecule has 0 radical (unpaired) electrons. The van der Waals surface area contributed by atoms with E-state index in [0.29, 0.717) is 22.8 Å². The second-order valence-corrected chi connectivity index (χ2v) is 9.62. The number of nitrogens with zero attached hydrogens (tertiary/aromatic N) is 5. The summed E-state index contributed by atoms with van der Waals surface area (Å²) in [7, 11) is 1.45. The predicted molar refractivity (Wildman–Crippen MR) is 133 cm³/mol. The summed E-state index contributed by atoms with van der Waals surface area (Å²) in [5.41, 5.74) is 1.97. The number of pyridine rings is 2. The van der Waals surface area contributed by atoms with Crippen molar-refractivity contribution in [2.75, 3.05) is 19.0 Å². The van der Waals surface area contributed by atoms with Gasteiger partial charge < -0.3 is 15.4 Å². The molecule has 0 spiro atoms. The third-order valence-corrected chi connectivity index (χ3v) is 5.48. The fourth-order valence-corrected chi connectivity index (χ4v) is 3.69. The van der Waals surface area contributed by atoms with E-state index in [1.165, 1.54) is 22.4 Å². The number of methoxy groups -OCH3 is 1. The Balaban J connectivity index is 1.77. The number of aromatic nitrogens is 5. The predicted octanol–water partition coefficient (Wildman–Crippen LogP) is 3.91. The number of ether oxygens (including phenoxy) is 1. The summed E-state index contributed by atoms with van der Waals surface area (Å²) in [6.45, 7) is 8.32. The Morgan fingerprint density at radius 1 is 1.14 bits per heavy atom. The van der Waals surface area contributed by atoms with Gasteiger partial charge in [0.2, 0.25) is 5.88 Å². The Morgan fingerprint density at radius 2 is 1.91 bits per heavy atom. The van der Waals surface area contributed by atoms with Crippen LogP contribution in [0.5, 0.6) is 5.88 Å². The standard InChI is InChI=1S/C24H26ClN7O3/c1-14-11-15-8-10-28-31(15)20(23(34)27-13-24(2,3)4)19(14)29-22(33)17-12-18(35-5)30-32(17)21-16(25)7-6-9-26-21/h6-12H,13H2,1-5H3,(H,27,34)(H,29,33). The number of anilines is 1. The molecule has 35 heavy (non-hydrogen) atoms. The van der Waals surface area contributed by atoms with Crippen molar-refractivity contribution in [2.24, 2.45) is 5.41 Å². The number of hydrogen-bond acceptors (Lipinski definition) is 6. The lowest BCUT2D eigenvalue weighted by Crippen LogP contribution is -2.34. The van der Waals surface area contributed by atoms with Gasteiger partial charge in [0.25, 0.3) is 11.8 Å². The summed E-state index contributed by atoms with van der Waals surface area (Å²) in [5, 5.41) is 14.7. The van der Waals surface area contributed by atoms with E-state index in [1.54, 1.807) is 30.6 Å². The van der Waals surface area contributed by atoms with Crippen LogP contribution in [0.1, 0.15) is 47.3 Å². The smallest absolute Gasteiger partial charge is 0.274 e. The zero-order valence-electron chi connectivity index (χ0n) is 20.1. The first-order valence-electron chi connectivity index (χ1n) is 10.9. The monoisotopic (exact) mass is 495 g/mol. The fourth-order valence-electron chi connectivity index (χ4n) is 3.49. The SMILES string of the molecule is COc1cc(C(=O)Nc2c(C)cc3ccnn3c2C(=O)NCC(C)(C)C)n(-c2ncccc2Cl)n1. The van der Waals surface area contributed by atoms with Crippen molar-refractivity contribution in [2.45, 2.75) is 27.7 Å². The molecule has 0 saturated carbocycles. The zero-order valence-corrected chi connectivity index (χ0v) is 20.8. The number of fused-ring (bicyclic) bond motifs is 1. The van der Waals surface area contributed by atoms with E-state index in [4.69, 9.17) is 16.3 Å². The number of amides is 2. The number of halogens is 1. The molecule has 2 amide bonds. The second-order valence-electron chi connectivity index (χ2n) is 9.21. The molecule has 4 aromatic rings. The van der Waals surface area contributed by atoms with Gasteiger partial charge in [-0.3, -0.25) is 9.59 Å². The summed E-state index contributed by atoms with van der Waals surface area (Å²) >= 11 is 6.30. The molecule has 4 rings (SSSR count). The minimum Gasteiger partial charge on any atom is -0.480 e. The normalized spacial score (nSPS) is 11.5. The van der Waals surface area contributed by atoms with Crippen LogP contribution in [-0.4, -0.2) is 49.8 Å². The van der Waals surface area contributed by atoms with Gasteiger partial charge in [0, 0.05) is 18.8 Å². The maximum atomic E-state index is 13.5. The molecule has 10 nitrogen and oxygen atoms in total. The molecule has 0 saturated heterocycles. The second kappa shape index (κ2) is 9.38. The summed E-state index contributed by atoms with van der Waals surface area (Å²) in [4.78, 5) is 31.0. The van der Waals surface area contributed by atoms with E-state index >= 15 is 0 Å². The molecule has 11 heteroatoms.